The van der Waals surface area contributed by atoms with E-state index in [0.717, 1.165) is 5.57 Å². The molecule has 2 heteroatoms. The van der Waals surface area contributed by atoms with Crippen LogP contribution in [0.15, 0.2) is 36.2 Å². The second-order valence-corrected chi connectivity index (χ2v) is 2.41. The van der Waals surface area contributed by atoms with Gasteiger partial charge in [0.15, 0.2) is 0 Å². The molecule has 0 amide bonds. The van der Waals surface area contributed by atoms with Crippen LogP contribution in [0.4, 0.5) is 4.39 Å². The van der Waals surface area contributed by atoms with Crippen molar-refractivity contribution in [3.63, 3.8) is 0 Å². The largest absolute Gasteiger partial charge is 0.324 e. The van der Waals surface area contributed by atoms with Crippen LogP contribution >= 0.6 is 0 Å². The van der Waals surface area contributed by atoms with Crippen molar-refractivity contribution < 1.29 is 4.39 Å². The zero-order chi connectivity index (χ0) is 8.85. The van der Waals surface area contributed by atoms with Crippen molar-refractivity contribution in [2.45, 2.75) is 19.9 Å². The van der Waals surface area contributed by atoms with Crippen LogP contribution in [0.1, 0.15) is 13.8 Å². The van der Waals surface area contributed by atoms with Gasteiger partial charge in [0.25, 0.3) is 0 Å². The molecule has 11 heavy (non-hydrogen) atoms. The lowest BCUT2D eigenvalue weighted by Crippen LogP contribution is -2.16. The summed E-state index contributed by atoms with van der Waals surface area (Å²) in [5.41, 5.74) is 6.38. The second kappa shape index (κ2) is 4.85. The van der Waals surface area contributed by atoms with E-state index >= 15 is 0 Å². The average Bonchev–Trinajstić information content (AvgIpc) is 1.87. The fraction of sp³-hybridized carbons (Fsp3) is 0.333. The van der Waals surface area contributed by atoms with Crippen molar-refractivity contribution in [2.75, 3.05) is 0 Å². The van der Waals surface area contributed by atoms with Crippen LogP contribution in [0.2, 0.25) is 0 Å². The maximum absolute atomic E-state index is 12.2. The van der Waals surface area contributed by atoms with Gasteiger partial charge >= 0.3 is 0 Å². The smallest absolute Gasteiger partial charge is 0.0968 e. The second-order valence-electron chi connectivity index (χ2n) is 2.41. The summed E-state index contributed by atoms with van der Waals surface area (Å²) in [5.74, 6) is -0.231. The third-order valence-corrected chi connectivity index (χ3v) is 1.27. The molecular formula is C9H14FN. The maximum Gasteiger partial charge on any atom is 0.0968 e. The van der Waals surface area contributed by atoms with Crippen LogP contribution < -0.4 is 5.73 Å². The van der Waals surface area contributed by atoms with E-state index in [9.17, 15) is 4.39 Å². The Kier molecular flexibility index (Phi) is 4.46. The summed E-state index contributed by atoms with van der Waals surface area (Å²) in [5, 5.41) is 0. The molecule has 0 aromatic rings. The van der Waals surface area contributed by atoms with E-state index in [1.54, 1.807) is 12.2 Å². The van der Waals surface area contributed by atoms with Crippen molar-refractivity contribution in [3.8, 4) is 0 Å². The maximum atomic E-state index is 12.2. The summed E-state index contributed by atoms with van der Waals surface area (Å²) in [7, 11) is 0. The van der Waals surface area contributed by atoms with Gasteiger partial charge in [-0.1, -0.05) is 18.7 Å². The highest BCUT2D eigenvalue weighted by Gasteiger charge is 1.95. The molecule has 1 unspecified atom stereocenters. The van der Waals surface area contributed by atoms with Crippen molar-refractivity contribution in [3.05, 3.63) is 36.2 Å². The summed E-state index contributed by atoms with van der Waals surface area (Å²) < 4.78 is 12.2. The molecule has 62 valence electrons. The first kappa shape index (κ1) is 10.1. The number of hydrogen-bond donors (Lipinski definition) is 1. The predicted molar refractivity (Wildman–Crippen MR) is 46.8 cm³/mol. The van der Waals surface area contributed by atoms with Gasteiger partial charge in [-0.3, -0.25) is 0 Å². The summed E-state index contributed by atoms with van der Waals surface area (Å²) in [6.45, 7) is 6.78. The third-order valence-electron chi connectivity index (χ3n) is 1.27. The highest BCUT2D eigenvalue weighted by atomic mass is 19.1. The molecular weight excluding hydrogens is 141 g/mol. The minimum atomic E-state index is -0.231. The van der Waals surface area contributed by atoms with Gasteiger partial charge in [-0.25, -0.2) is 4.39 Å². The number of nitrogens with two attached hydrogens (primary N) is 1. The van der Waals surface area contributed by atoms with Gasteiger partial charge in [-0.05, 0) is 25.5 Å². The normalized spacial score (nSPS) is 16.4. The number of hydrogen-bond acceptors (Lipinski definition) is 1. The predicted octanol–water partition coefficient (Wildman–Crippen LogP) is 2.32. The minimum Gasteiger partial charge on any atom is -0.324 e. The topological polar surface area (TPSA) is 26.0 Å². The molecule has 0 radical (unpaired) electrons. The first-order chi connectivity index (χ1) is 5.07. The van der Waals surface area contributed by atoms with Gasteiger partial charge in [0, 0.05) is 6.04 Å². The molecule has 0 rings (SSSR count). The summed E-state index contributed by atoms with van der Waals surface area (Å²) in [4.78, 5) is 0. The van der Waals surface area contributed by atoms with Crippen molar-refractivity contribution in [2.24, 2.45) is 5.73 Å². The van der Waals surface area contributed by atoms with E-state index in [2.05, 4.69) is 6.58 Å². The molecule has 0 heterocycles. The molecule has 0 saturated heterocycles. The van der Waals surface area contributed by atoms with Gasteiger partial charge in [-0.15, -0.1) is 0 Å². The number of halogens is 1. The fourth-order valence-electron chi connectivity index (χ4n) is 0.617. The quantitative estimate of drug-likeness (QED) is 0.622. The first-order valence-electron chi connectivity index (χ1n) is 3.50. The van der Waals surface area contributed by atoms with E-state index in [-0.39, 0.29) is 11.9 Å². The zero-order valence-corrected chi connectivity index (χ0v) is 6.97. The first-order valence-corrected chi connectivity index (χ1v) is 3.50. The monoisotopic (exact) mass is 155 g/mol. The van der Waals surface area contributed by atoms with Gasteiger partial charge in [0.1, 0.15) is 0 Å². The Balaban J connectivity index is 4.36. The van der Waals surface area contributed by atoms with Crippen LogP contribution in [0, 0.1) is 0 Å². The fourth-order valence-corrected chi connectivity index (χ4v) is 0.617. The lowest BCUT2D eigenvalue weighted by Gasteiger charge is -2.03. The molecule has 0 spiro atoms. The molecule has 1 nitrogen and oxygen atoms in total. The lowest BCUT2D eigenvalue weighted by molar-refractivity contribution is 0.640. The SMILES string of the molecule is C=C/C(=C\C=C(/C)F)C(C)N. The molecule has 0 aromatic carbocycles. The van der Waals surface area contributed by atoms with Crippen LogP contribution in [0.3, 0.4) is 0 Å². The Morgan fingerprint density at radius 2 is 2.09 bits per heavy atom. The van der Waals surface area contributed by atoms with Crippen molar-refractivity contribution in [1.29, 1.82) is 0 Å². The molecule has 0 aromatic heterocycles. The molecule has 0 aliphatic rings. The molecule has 0 fully saturated rings. The lowest BCUT2D eigenvalue weighted by atomic mass is 10.1. The van der Waals surface area contributed by atoms with Crippen molar-refractivity contribution in [1.82, 2.24) is 0 Å². The summed E-state index contributed by atoms with van der Waals surface area (Å²) in [6, 6.07) is -0.0944. The highest BCUT2D eigenvalue weighted by Crippen LogP contribution is 2.02. The highest BCUT2D eigenvalue weighted by molar-refractivity contribution is 5.26. The molecule has 2 N–H and O–H groups in total. The van der Waals surface area contributed by atoms with Crippen LogP contribution in [0.5, 0.6) is 0 Å². The molecule has 0 aliphatic heterocycles. The molecule has 0 saturated carbocycles. The molecule has 0 aliphatic carbocycles. The van der Waals surface area contributed by atoms with Gasteiger partial charge in [-0.2, -0.15) is 0 Å². The third kappa shape index (κ3) is 4.51. The van der Waals surface area contributed by atoms with Crippen LogP contribution in [-0.4, -0.2) is 6.04 Å². The van der Waals surface area contributed by atoms with Gasteiger partial charge < -0.3 is 5.73 Å². The van der Waals surface area contributed by atoms with Crippen molar-refractivity contribution >= 4 is 0 Å². The van der Waals surface area contributed by atoms with E-state index < -0.39 is 0 Å². The average molecular weight is 155 g/mol. The summed E-state index contributed by atoms with van der Waals surface area (Å²) >= 11 is 0. The van der Waals surface area contributed by atoms with Gasteiger partial charge in [0.2, 0.25) is 0 Å². The number of rotatable bonds is 3. The van der Waals surface area contributed by atoms with E-state index in [4.69, 9.17) is 5.73 Å². The Morgan fingerprint density at radius 3 is 2.36 bits per heavy atom. The minimum absolute atomic E-state index is 0.0944. The summed E-state index contributed by atoms with van der Waals surface area (Å²) in [6.07, 6.45) is 4.64. The van der Waals surface area contributed by atoms with Crippen LogP contribution in [0.25, 0.3) is 0 Å². The number of allylic oxidation sites excluding steroid dienone is 3. The van der Waals surface area contributed by atoms with E-state index in [1.807, 2.05) is 6.92 Å². The molecule has 0 bridgehead atoms. The Hall–Kier alpha value is -0.890. The molecule has 1 atom stereocenters. The zero-order valence-electron chi connectivity index (χ0n) is 6.97. The standard InChI is InChI=1S/C9H14FN/c1-4-9(8(3)11)6-5-7(2)10/h4-6,8H,1,11H2,2-3H3/b7-5+,9-6+. The van der Waals surface area contributed by atoms with Crippen LogP contribution in [-0.2, 0) is 0 Å². The Labute approximate surface area is 67.1 Å². The van der Waals surface area contributed by atoms with Gasteiger partial charge in [0.05, 0.1) is 5.83 Å². The van der Waals surface area contributed by atoms with E-state index in [0.29, 0.717) is 0 Å². The Morgan fingerprint density at radius 1 is 1.55 bits per heavy atom. The van der Waals surface area contributed by atoms with E-state index in [1.165, 1.54) is 13.0 Å². The Bertz CT molecular complexity index is 186.